The molecule has 0 spiro atoms. The Kier molecular flexibility index (Phi) is 3.89. The first kappa shape index (κ1) is 12.5. The van der Waals surface area contributed by atoms with Crippen LogP contribution in [0.1, 0.15) is 29.0 Å². The van der Waals surface area contributed by atoms with Crippen LogP contribution < -0.4 is 5.32 Å². The molecule has 1 amide bonds. The third kappa shape index (κ3) is 3.05. The number of aromatic nitrogens is 2. The maximum atomic E-state index is 11.9. The molecule has 0 aliphatic rings. The van der Waals surface area contributed by atoms with E-state index in [1.54, 1.807) is 0 Å². The molecule has 0 bridgehead atoms. The van der Waals surface area contributed by atoms with E-state index in [4.69, 9.17) is 11.6 Å². The van der Waals surface area contributed by atoms with Gasteiger partial charge in [0.05, 0.1) is 18.4 Å². The SMILES string of the molecule is CC(NC(=O)c1cncc(Cl)n1)c1ccccc1. The minimum Gasteiger partial charge on any atom is -0.344 e. The third-order valence-corrected chi connectivity index (χ3v) is 2.67. The van der Waals surface area contributed by atoms with E-state index in [0.717, 1.165) is 5.56 Å². The molecule has 1 aromatic carbocycles. The molecule has 1 unspecified atom stereocenters. The Labute approximate surface area is 110 Å². The lowest BCUT2D eigenvalue weighted by Crippen LogP contribution is -2.27. The molecule has 0 saturated heterocycles. The van der Waals surface area contributed by atoms with Crippen molar-refractivity contribution in [3.63, 3.8) is 0 Å². The highest BCUT2D eigenvalue weighted by Gasteiger charge is 2.12. The van der Waals surface area contributed by atoms with Gasteiger partial charge in [0.2, 0.25) is 0 Å². The molecule has 0 aliphatic heterocycles. The fourth-order valence-corrected chi connectivity index (χ4v) is 1.69. The van der Waals surface area contributed by atoms with Crippen molar-refractivity contribution in [3.8, 4) is 0 Å². The van der Waals surface area contributed by atoms with Crippen LogP contribution in [-0.2, 0) is 0 Å². The summed E-state index contributed by atoms with van der Waals surface area (Å²) < 4.78 is 0. The van der Waals surface area contributed by atoms with E-state index in [1.807, 2.05) is 37.3 Å². The summed E-state index contributed by atoms with van der Waals surface area (Å²) in [5.41, 5.74) is 1.24. The van der Waals surface area contributed by atoms with Crippen LogP contribution in [0.15, 0.2) is 42.7 Å². The molecule has 1 N–H and O–H groups in total. The van der Waals surface area contributed by atoms with Gasteiger partial charge in [0.25, 0.3) is 5.91 Å². The highest BCUT2D eigenvalue weighted by Crippen LogP contribution is 2.12. The zero-order valence-corrected chi connectivity index (χ0v) is 10.6. The minimum absolute atomic E-state index is 0.0977. The van der Waals surface area contributed by atoms with E-state index in [-0.39, 0.29) is 22.8 Å². The number of nitrogens with one attached hydrogen (secondary N) is 1. The Morgan fingerprint density at radius 3 is 2.67 bits per heavy atom. The predicted molar refractivity (Wildman–Crippen MR) is 69.4 cm³/mol. The molecule has 2 aromatic rings. The fourth-order valence-electron chi connectivity index (χ4n) is 1.55. The first-order chi connectivity index (χ1) is 8.66. The quantitative estimate of drug-likeness (QED) is 0.924. The van der Waals surface area contributed by atoms with Crippen LogP contribution >= 0.6 is 11.6 Å². The molecule has 5 heteroatoms. The van der Waals surface area contributed by atoms with Gasteiger partial charge in [-0.3, -0.25) is 9.78 Å². The van der Waals surface area contributed by atoms with E-state index in [9.17, 15) is 4.79 Å². The topological polar surface area (TPSA) is 54.9 Å². The second-order valence-corrected chi connectivity index (χ2v) is 4.22. The number of rotatable bonds is 3. The standard InChI is InChI=1S/C13H12ClN3O/c1-9(10-5-3-2-4-6-10)16-13(18)11-7-15-8-12(14)17-11/h2-9H,1H3,(H,16,18). The van der Waals surface area contributed by atoms with Crippen molar-refractivity contribution in [2.24, 2.45) is 0 Å². The summed E-state index contributed by atoms with van der Waals surface area (Å²) in [5, 5.41) is 3.04. The van der Waals surface area contributed by atoms with Crippen LogP contribution in [0.3, 0.4) is 0 Å². The zero-order chi connectivity index (χ0) is 13.0. The number of nitrogens with zero attached hydrogens (tertiary/aromatic N) is 2. The van der Waals surface area contributed by atoms with Gasteiger partial charge in [-0.1, -0.05) is 41.9 Å². The van der Waals surface area contributed by atoms with E-state index in [1.165, 1.54) is 12.4 Å². The second-order valence-electron chi connectivity index (χ2n) is 3.83. The molecular weight excluding hydrogens is 250 g/mol. The number of hydrogen-bond acceptors (Lipinski definition) is 3. The van der Waals surface area contributed by atoms with E-state index < -0.39 is 0 Å². The third-order valence-electron chi connectivity index (χ3n) is 2.48. The van der Waals surface area contributed by atoms with Gasteiger partial charge >= 0.3 is 0 Å². The summed E-state index contributed by atoms with van der Waals surface area (Å²) in [4.78, 5) is 19.6. The fraction of sp³-hybridized carbons (Fsp3) is 0.154. The highest BCUT2D eigenvalue weighted by atomic mass is 35.5. The maximum absolute atomic E-state index is 11.9. The molecular formula is C13H12ClN3O. The van der Waals surface area contributed by atoms with Crippen LogP contribution in [0.25, 0.3) is 0 Å². The molecule has 0 saturated carbocycles. The van der Waals surface area contributed by atoms with Crippen molar-refractivity contribution in [3.05, 3.63) is 59.1 Å². The van der Waals surface area contributed by atoms with Gasteiger partial charge in [-0.05, 0) is 12.5 Å². The van der Waals surface area contributed by atoms with Crippen molar-refractivity contribution >= 4 is 17.5 Å². The lowest BCUT2D eigenvalue weighted by molar-refractivity contribution is 0.0934. The Hall–Kier alpha value is -1.94. The Morgan fingerprint density at radius 2 is 2.00 bits per heavy atom. The molecule has 4 nitrogen and oxygen atoms in total. The largest absolute Gasteiger partial charge is 0.344 e. The van der Waals surface area contributed by atoms with Gasteiger partial charge in [0, 0.05) is 0 Å². The number of halogens is 1. The van der Waals surface area contributed by atoms with Gasteiger partial charge in [-0.25, -0.2) is 4.98 Å². The normalized spacial score (nSPS) is 11.9. The minimum atomic E-state index is -0.290. The summed E-state index contributed by atoms with van der Waals surface area (Å²) in [6, 6.07) is 9.59. The molecule has 92 valence electrons. The average Bonchev–Trinajstić information content (AvgIpc) is 2.39. The zero-order valence-electron chi connectivity index (χ0n) is 9.80. The van der Waals surface area contributed by atoms with E-state index >= 15 is 0 Å². The molecule has 1 atom stereocenters. The lowest BCUT2D eigenvalue weighted by Gasteiger charge is -2.13. The molecule has 18 heavy (non-hydrogen) atoms. The van der Waals surface area contributed by atoms with Crippen LogP contribution in [0.4, 0.5) is 0 Å². The summed E-state index contributed by atoms with van der Waals surface area (Å²) in [5.74, 6) is -0.290. The van der Waals surface area contributed by atoms with Crippen molar-refractivity contribution in [2.45, 2.75) is 13.0 Å². The van der Waals surface area contributed by atoms with Gasteiger partial charge in [0.1, 0.15) is 10.8 Å². The molecule has 1 aromatic heterocycles. The van der Waals surface area contributed by atoms with Gasteiger partial charge < -0.3 is 5.32 Å². The highest BCUT2D eigenvalue weighted by molar-refractivity contribution is 6.29. The summed E-state index contributed by atoms with van der Waals surface area (Å²) in [6.45, 7) is 1.91. The molecule has 0 radical (unpaired) electrons. The molecule has 2 rings (SSSR count). The Morgan fingerprint density at radius 1 is 1.28 bits per heavy atom. The van der Waals surface area contributed by atoms with E-state index in [0.29, 0.717) is 0 Å². The molecule has 0 fully saturated rings. The number of amides is 1. The molecule has 0 aliphatic carbocycles. The van der Waals surface area contributed by atoms with Crippen LogP contribution in [0, 0.1) is 0 Å². The predicted octanol–water partition coefficient (Wildman–Crippen LogP) is 2.62. The summed E-state index contributed by atoms with van der Waals surface area (Å²) in [6.07, 6.45) is 2.78. The average molecular weight is 262 g/mol. The van der Waals surface area contributed by atoms with Crippen molar-refractivity contribution in [1.82, 2.24) is 15.3 Å². The van der Waals surface area contributed by atoms with Crippen molar-refractivity contribution < 1.29 is 4.79 Å². The van der Waals surface area contributed by atoms with Gasteiger partial charge in [-0.15, -0.1) is 0 Å². The van der Waals surface area contributed by atoms with Crippen LogP contribution in [0.2, 0.25) is 5.15 Å². The number of carbonyl (C=O) groups is 1. The van der Waals surface area contributed by atoms with Crippen molar-refractivity contribution in [1.29, 1.82) is 0 Å². The van der Waals surface area contributed by atoms with Gasteiger partial charge in [-0.2, -0.15) is 0 Å². The number of carbonyl (C=O) groups excluding carboxylic acids is 1. The smallest absolute Gasteiger partial charge is 0.272 e. The summed E-state index contributed by atoms with van der Waals surface area (Å²) >= 11 is 5.69. The molecule has 1 heterocycles. The first-order valence-electron chi connectivity index (χ1n) is 5.50. The van der Waals surface area contributed by atoms with Gasteiger partial charge in [0.15, 0.2) is 0 Å². The lowest BCUT2D eigenvalue weighted by atomic mass is 10.1. The monoisotopic (exact) mass is 261 g/mol. The Bertz CT molecular complexity index is 545. The van der Waals surface area contributed by atoms with E-state index in [2.05, 4.69) is 15.3 Å². The second kappa shape index (κ2) is 5.60. The summed E-state index contributed by atoms with van der Waals surface area (Å²) in [7, 11) is 0. The van der Waals surface area contributed by atoms with Crippen molar-refractivity contribution in [2.75, 3.05) is 0 Å². The first-order valence-corrected chi connectivity index (χ1v) is 5.88. The maximum Gasteiger partial charge on any atom is 0.272 e. The Balaban J connectivity index is 2.08. The number of hydrogen-bond donors (Lipinski definition) is 1. The number of benzene rings is 1. The van der Waals surface area contributed by atoms with Crippen LogP contribution in [0.5, 0.6) is 0 Å². The van der Waals surface area contributed by atoms with Crippen LogP contribution in [-0.4, -0.2) is 15.9 Å².